The predicted octanol–water partition coefficient (Wildman–Crippen LogP) is 3.07. The van der Waals surface area contributed by atoms with Gasteiger partial charge in [0.15, 0.2) is 5.96 Å². The predicted molar refractivity (Wildman–Crippen MR) is 94.7 cm³/mol. The summed E-state index contributed by atoms with van der Waals surface area (Å²) in [6, 6.07) is 4.31. The third-order valence-corrected chi connectivity index (χ3v) is 4.58. The molecule has 108 valence electrons. The molecule has 0 spiro atoms. The van der Waals surface area contributed by atoms with Crippen LogP contribution in [0, 0.1) is 11.8 Å². The lowest BCUT2D eigenvalue weighted by atomic mass is 10.3. The first-order chi connectivity index (χ1) is 8.70. The molecule has 5 heteroatoms. The van der Waals surface area contributed by atoms with Gasteiger partial charge in [-0.2, -0.15) is 0 Å². The number of rotatable bonds is 5. The molecule has 1 N–H and O–H groups in total. The summed E-state index contributed by atoms with van der Waals surface area (Å²) in [5.41, 5.74) is 0. The van der Waals surface area contributed by atoms with E-state index in [2.05, 4.69) is 46.7 Å². The maximum atomic E-state index is 4.35. The summed E-state index contributed by atoms with van der Waals surface area (Å²) in [6.45, 7) is 4.40. The largest absolute Gasteiger partial charge is 0.356 e. The molecule has 1 fully saturated rings. The van der Waals surface area contributed by atoms with Crippen LogP contribution >= 0.6 is 35.3 Å². The quantitative estimate of drug-likeness (QED) is 0.473. The molecule has 1 heterocycles. The molecule has 0 aromatic carbocycles. The molecule has 19 heavy (non-hydrogen) atoms. The molecule has 2 atom stereocenters. The van der Waals surface area contributed by atoms with Crippen LogP contribution in [0.15, 0.2) is 22.5 Å². The highest BCUT2D eigenvalue weighted by Crippen LogP contribution is 2.36. The van der Waals surface area contributed by atoms with Gasteiger partial charge in [-0.25, -0.2) is 0 Å². The minimum absolute atomic E-state index is 0. The standard InChI is InChI=1S/C14H23N3S.HI/c1-11-9-12(11)10-16-14(15-2)17(3)7-6-13-5-4-8-18-13;/h4-5,8,11-12H,6-7,9-10H2,1-3H3,(H,15,16);1H. The SMILES string of the molecule is CN=C(NCC1CC1C)N(C)CCc1cccs1.I. The van der Waals surface area contributed by atoms with Crippen molar-refractivity contribution in [3.63, 3.8) is 0 Å². The first kappa shape index (κ1) is 16.8. The van der Waals surface area contributed by atoms with Crippen LogP contribution in [0.1, 0.15) is 18.2 Å². The fraction of sp³-hybridized carbons (Fsp3) is 0.643. The molecule has 3 nitrogen and oxygen atoms in total. The van der Waals surface area contributed by atoms with Crippen LogP contribution in [0.25, 0.3) is 0 Å². The lowest BCUT2D eigenvalue weighted by Crippen LogP contribution is -2.40. The summed E-state index contributed by atoms with van der Waals surface area (Å²) in [4.78, 5) is 8.00. The number of aliphatic imine (C=N–C) groups is 1. The van der Waals surface area contributed by atoms with Gasteiger partial charge in [0.25, 0.3) is 0 Å². The molecular weight excluding hydrogens is 369 g/mol. The van der Waals surface area contributed by atoms with Gasteiger partial charge in [0.2, 0.25) is 0 Å². The first-order valence-corrected chi connectivity index (χ1v) is 7.53. The van der Waals surface area contributed by atoms with Crippen molar-refractivity contribution < 1.29 is 0 Å². The van der Waals surface area contributed by atoms with E-state index in [1.807, 2.05) is 18.4 Å². The van der Waals surface area contributed by atoms with E-state index in [1.54, 1.807) is 0 Å². The van der Waals surface area contributed by atoms with Gasteiger partial charge in [0.05, 0.1) is 0 Å². The Morgan fingerprint density at radius 1 is 1.58 bits per heavy atom. The van der Waals surface area contributed by atoms with Crippen molar-refractivity contribution in [1.29, 1.82) is 0 Å². The Hall–Kier alpha value is -0.300. The van der Waals surface area contributed by atoms with Crippen LogP contribution in [-0.2, 0) is 6.42 Å². The third kappa shape index (κ3) is 5.30. The number of halogens is 1. The third-order valence-electron chi connectivity index (χ3n) is 3.65. The van der Waals surface area contributed by atoms with E-state index < -0.39 is 0 Å². The van der Waals surface area contributed by atoms with E-state index in [4.69, 9.17) is 0 Å². The number of thiophene rings is 1. The molecule has 1 aliphatic rings. The Labute approximate surface area is 137 Å². The first-order valence-electron chi connectivity index (χ1n) is 6.65. The van der Waals surface area contributed by atoms with Gasteiger partial charge in [0.1, 0.15) is 0 Å². The summed E-state index contributed by atoms with van der Waals surface area (Å²) < 4.78 is 0. The number of hydrogen-bond acceptors (Lipinski definition) is 2. The van der Waals surface area contributed by atoms with Crippen molar-refractivity contribution in [2.24, 2.45) is 16.8 Å². The summed E-state index contributed by atoms with van der Waals surface area (Å²) in [7, 11) is 3.97. The smallest absolute Gasteiger partial charge is 0.193 e. The molecule has 1 aromatic rings. The fourth-order valence-corrected chi connectivity index (χ4v) is 2.83. The van der Waals surface area contributed by atoms with Crippen LogP contribution in [0.2, 0.25) is 0 Å². The molecule has 0 aliphatic heterocycles. The van der Waals surface area contributed by atoms with E-state index in [0.717, 1.165) is 37.3 Å². The highest BCUT2D eigenvalue weighted by molar-refractivity contribution is 14.0. The second kappa shape index (κ2) is 8.09. The lowest BCUT2D eigenvalue weighted by Gasteiger charge is -2.21. The highest BCUT2D eigenvalue weighted by Gasteiger charge is 2.32. The minimum atomic E-state index is 0. The second-order valence-electron chi connectivity index (χ2n) is 5.15. The average molecular weight is 393 g/mol. The Balaban J connectivity index is 0.00000180. The molecular formula is C14H24IN3S. The maximum absolute atomic E-state index is 4.35. The zero-order chi connectivity index (χ0) is 13.0. The topological polar surface area (TPSA) is 27.6 Å². The summed E-state index contributed by atoms with van der Waals surface area (Å²) in [6.07, 6.45) is 2.46. The summed E-state index contributed by atoms with van der Waals surface area (Å²) in [5, 5.41) is 5.61. The van der Waals surface area contributed by atoms with E-state index >= 15 is 0 Å². The number of guanidine groups is 1. The van der Waals surface area contributed by atoms with Gasteiger partial charge < -0.3 is 10.2 Å². The van der Waals surface area contributed by atoms with Crippen molar-refractivity contribution >= 4 is 41.3 Å². The molecule has 1 aromatic heterocycles. The van der Waals surface area contributed by atoms with Gasteiger partial charge in [-0.3, -0.25) is 4.99 Å². The van der Waals surface area contributed by atoms with Crippen molar-refractivity contribution in [2.75, 3.05) is 27.2 Å². The van der Waals surface area contributed by atoms with Crippen LogP contribution in [0.5, 0.6) is 0 Å². The van der Waals surface area contributed by atoms with Gasteiger partial charge in [-0.15, -0.1) is 35.3 Å². The number of nitrogens with one attached hydrogen (secondary N) is 1. The van der Waals surface area contributed by atoms with Gasteiger partial charge >= 0.3 is 0 Å². The van der Waals surface area contributed by atoms with E-state index in [-0.39, 0.29) is 24.0 Å². The molecule has 2 unspecified atom stereocenters. The summed E-state index contributed by atoms with van der Waals surface area (Å²) in [5.74, 6) is 2.77. The minimum Gasteiger partial charge on any atom is -0.356 e. The lowest BCUT2D eigenvalue weighted by molar-refractivity contribution is 0.483. The Morgan fingerprint density at radius 2 is 2.32 bits per heavy atom. The zero-order valence-corrected chi connectivity index (χ0v) is 15.1. The maximum Gasteiger partial charge on any atom is 0.193 e. The molecule has 1 aliphatic carbocycles. The number of nitrogens with zero attached hydrogens (tertiary/aromatic N) is 2. The van der Waals surface area contributed by atoms with Gasteiger partial charge in [-0.05, 0) is 36.1 Å². The molecule has 0 radical (unpaired) electrons. The van der Waals surface area contributed by atoms with Crippen LogP contribution in [-0.4, -0.2) is 38.0 Å². The fourth-order valence-electron chi connectivity index (χ4n) is 2.13. The van der Waals surface area contributed by atoms with Crippen LogP contribution < -0.4 is 5.32 Å². The Morgan fingerprint density at radius 3 is 2.84 bits per heavy atom. The molecule has 1 saturated carbocycles. The van der Waals surface area contributed by atoms with Crippen molar-refractivity contribution in [1.82, 2.24) is 10.2 Å². The van der Waals surface area contributed by atoms with Crippen molar-refractivity contribution in [2.45, 2.75) is 19.8 Å². The van der Waals surface area contributed by atoms with Crippen LogP contribution in [0.3, 0.4) is 0 Å². The number of hydrogen-bond donors (Lipinski definition) is 1. The van der Waals surface area contributed by atoms with E-state index in [1.165, 1.54) is 11.3 Å². The van der Waals surface area contributed by atoms with E-state index in [9.17, 15) is 0 Å². The molecule has 0 bridgehead atoms. The van der Waals surface area contributed by atoms with Gasteiger partial charge in [0, 0.05) is 32.1 Å². The van der Waals surface area contributed by atoms with Crippen molar-refractivity contribution in [3.8, 4) is 0 Å². The van der Waals surface area contributed by atoms with Gasteiger partial charge in [-0.1, -0.05) is 13.0 Å². The Kier molecular flexibility index (Phi) is 7.13. The summed E-state index contributed by atoms with van der Waals surface area (Å²) >= 11 is 1.83. The number of likely N-dealkylation sites (N-methyl/N-ethyl adjacent to an activating group) is 1. The molecule has 0 saturated heterocycles. The Bertz CT molecular complexity index is 391. The van der Waals surface area contributed by atoms with Crippen LogP contribution in [0.4, 0.5) is 0 Å². The monoisotopic (exact) mass is 393 g/mol. The normalized spacial score (nSPS) is 21.7. The molecule has 2 rings (SSSR count). The second-order valence-corrected chi connectivity index (χ2v) is 6.18. The highest BCUT2D eigenvalue weighted by atomic mass is 127. The average Bonchev–Trinajstić information content (AvgIpc) is 2.87. The van der Waals surface area contributed by atoms with Crippen molar-refractivity contribution in [3.05, 3.63) is 22.4 Å². The molecule has 0 amide bonds. The zero-order valence-electron chi connectivity index (χ0n) is 11.9. The van der Waals surface area contributed by atoms with E-state index in [0.29, 0.717) is 0 Å².